The Morgan fingerprint density at radius 2 is 1.90 bits per heavy atom. The number of nitrogens with zero attached hydrogens (tertiary/aromatic N) is 2. The smallest absolute Gasteiger partial charge is 0.236 e. The highest BCUT2D eigenvalue weighted by molar-refractivity contribution is 5.78. The molecule has 0 saturated carbocycles. The number of carbonyl (C=O) groups is 1. The summed E-state index contributed by atoms with van der Waals surface area (Å²) in [5, 5.41) is 3.24. The number of rotatable bonds is 5. The van der Waals surface area contributed by atoms with Crippen molar-refractivity contribution in [2.24, 2.45) is 5.92 Å². The van der Waals surface area contributed by atoms with Crippen LogP contribution in [0.2, 0.25) is 0 Å². The Morgan fingerprint density at radius 1 is 1.15 bits per heavy atom. The fraction of sp³-hybridized carbons (Fsp3) is 0.938. The fourth-order valence-electron chi connectivity index (χ4n) is 3.44. The number of nitrogens with one attached hydrogen (secondary N) is 1. The first-order valence-corrected chi connectivity index (χ1v) is 8.37. The minimum absolute atomic E-state index is 0.355. The molecule has 1 amide bonds. The van der Waals surface area contributed by atoms with E-state index in [2.05, 4.69) is 22.0 Å². The van der Waals surface area contributed by atoms with Gasteiger partial charge in [-0.2, -0.15) is 0 Å². The third-order valence-corrected chi connectivity index (χ3v) is 4.95. The van der Waals surface area contributed by atoms with Crippen LogP contribution in [-0.2, 0) is 4.79 Å². The molecule has 0 radical (unpaired) electrons. The quantitative estimate of drug-likeness (QED) is 0.833. The minimum atomic E-state index is 0.355. The lowest BCUT2D eigenvalue weighted by atomic mass is 9.98. The highest BCUT2D eigenvalue weighted by Gasteiger charge is 2.27. The van der Waals surface area contributed by atoms with E-state index in [0.29, 0.717) is 18.5 Å². The van der Waals surface area contributed by atoms with E-state index in [4.69, 9.17) is 0 Å². The van der Waals surface area contributed by atoms with E-state index >= 15 is 0 Å². The van der Waals surface area contributed by atoms with Crippen molar-refractivity contribution in [3.8, 4) is 0 Å². The van der Waals surface area contributed by atoms with Crippen LogP contribution in [0.1, 0.15) is 45.4 Å². The Bertz CT molecular complexity index is 300. The molecule has 0 aromatic heterocycles. The summed E-state index contributed by atoms with van der Waals surface area (Å²) in [7, 11) is 2.01. The predicted molar refractivity (Wildman–Crippen MR) is 82.7 cm³/mol. The first-order chi connectivity index (χ1) is 9.70. The zero-order chi connectivity index (χ0) is 14.4. The number of carbonyl (C=O) groups excluding carboxylic acids is 1. The molecule has 1 N–H and O–H groups in total. The predicted octanol–water partition coefficient (Wildman–Crippen LogP) is 1.71. The Balaban J connectivity index is 1.81. The van der Waals surface area contributed by atoms with Gasteiger partial charge in [0.1, 0.15) is 0 Å². The van der Waals surface area contributed by atoms with Gasteiger partial charge in [0.05, 0.1) is 6.54 Å². The maximum atomic E-state index is 12.5. The van der Waals surface area contributed by atoms with Crippen LogP contribution < -0.4 is 5.32 Å². The van der Waals surface area contributed by atoms with Crippen molar-refractivity contribution in [2.75, 3.05) is 39.8 Å². The van der Waals surface area contributed by atoms with Crippen molar-refractivity contribution < 1.29 is 4.79 Å². The molecule has 4 heteroatoms. The van der Waals surface area contributed by atoms with E-state index in [9.17, 15) is 4.79 Å². The van der Waals surface area contributed by atoms with Crippen LogP contribution in [0.25, 0.3) is 0 Å². The van der Waals surface area contributed by atoms with Crippen molar-refractivity contribution in [1.29, 1.82) is 0 Å². The summed E-state index contributed by atoms with van der Waals surface area (Å²) < 4.78 is 0. The zero-order valence-corrected chi connectivity index (χ0v) is 13.2. The first kappa shape index (κ1) is 15.8. The summed E-state index contributed by atoms with van der Waals surface area (Å²) in [5.74, 6) is 1.14. The number of hydrogen-bond acceptors (Lipinski definition) is 3. The minimum Gasteiger partial charge on any atom is -0.342 e. The van der Waals surface area contributed by atoms with Crippen LogP contribution in [0.4, 0.5) is 0 Å². The molecule has 2 rings (SSSR count). The second-order valence-corrected chi connectivity index (χ2v) is 6.58. The molecule has 1 unspecified atom stereocenters. The van der Waals surface area contributed by atoms with Crippen LogP contribution in [0, 0.1) is 5.92 Å². The van der Waals surface area contributed by atoms with Gasteiger partial charge in [-0.05, 0) is 58.2 Å². The highest BCUT2D eigenvalue weighted by atomic mass is 16.2. The second kappa shape index (κ2) is 7.99. The van der Waals surface area contributed by atoms with Gasteiger partial charge in [-0.3, -0.25) is 9.69 Å². The number of hydrogen-bond donors (Lipinski definition) is 1. The van der Waals surface area contributed by atoms with Crippen molar-refractivity contribution in [3.05, 3.63) is 0 Å². The molecule has 2 saturated heterocycles. The summed E-state index contributed by atoms with van der Waals surface area (Å²) in [6, 6.07) is 0.601. The van der Waals surface area contributed by atoms with Gasteiger partial charge in [-0.25, -0.2) is 0 Å². The molecule has 1 atom stereocenters. The monoisotopic (exact) mass is 281 g/mol. The molecule has 0 aliphatic carbocycles. The van der Waals surface area contributed by atoms with Crippen LogP contribution in [0.15, 0.2) is 0 Å². The Kier molecular flexibility index (Phi) is 6.30. The van der Waals surface area contributed by atoms with E-state index in [1.54, 1.807) is 0 Å². The molecular weight excluding hydrogens is 250 g/mol. The topological polar surface area (TPSA) is 35.6 Å². The third-order valence-electron chi connectivity index (χ3n) is 4.95. The average Bonchev–Trinajstić information content (AvgIpc) is 2.47. The molecule has 2 aliphatic heterocycles. The van der Waals surface area contributed by atoms with E-state index in [-0.39, 0.29) is 0 Å². The van der Waals surface area contributed by atoms with Gasteiger partial charge >= 0.3 is 0 Å². The van der Waals surface area contributed by atoms with Crippen molar-refractivity contribution in [2.45, 2.75) is 51.5 Å². The molecule has 0 aromatic carbocycles. The molecule has 2 aliphatic rings. The fourth-order valence-corrected chi connectivity index (χ4v) is 3.44. The maximum absolute atomic E-state index is 12.5. The van der Waals surface area contributed by atoms with E-state index in [1.807, 2.05) is 7.05 Å². The standard InChI is InChI=1S/C16H31N3O/c1-14-7-11-18(12-8-14)16(20)13-19-10-4-3-5-15(19)6-9-17-2/h14-15,17H,3-13H2,1-2H3. The Labute approximate surface area is 123 Å². The molecule has 20 heavy (non-hydrogen) atoms. The van der Waals surface area contributed by atoms with Crippen LogP contribution in [-0.4, -0.2) is 61.5 Å². The Hall–Kier alpha value is -0.610. The van der Waals surface area contributed by atoms with E-state index in [1.165, 1.54) is 38.5 Å². The highest BCUT2D eigenvalue weighted by Crippen LogP contribution is 2.21. The third kappa shape index (κ3) is 4.45. The first-order valence-electron chi connectivity index (χ1n) is 8.37. The molecule has 2 heterocycles. The summed E-state index contributed by atoms with van der Waals surface area (Å²) >= 11 is 0. The lowest BCUT2D eigenvalue weighted by Gasteiger charge is -2.38. The van der Waals surface area contributed by atoms with Gasteiger partial charge in [-0.1, -0.05) is 13.3 Å². The number of amides is 1. The average molecular weight is 281 g/mol. The lowest BCUT2D eigenvalue weighted by molar-refractivity contribution is -0.134. The lowest BCUT2D eigenvalue weighted by Crippen LogP contribution is -2.49. The van der Waals surface area contributed by atoms with Crippen LogP contribution in [0.5, 0.6) is 0 Å². The van der Waals surface area contributed by atoms with Crippen molar-refractivity contribution in [3.63, 3.8) is 0 Å². The molecule has 0 spiro atoms. The maximum Gasteiger partial charge on any atom is 0.236 e. The molecule has 0 bridgehead atoms. The molecule has 116 valence electrons. The number of piperidine rings is 2. The van der Waals surface area contributed by atoms with E-state index < -0.39 is 0 Å². The van der Waals surface area contributed by atoms with Gasteiger partial charge in [-0.15, -0.1) is 0 Å². The van der Waals surface area contributed by atoms with Gasteiger partial charge in [0, 0.05) is 19.1 Å². The summed E-state index contributed by atoms with van der Waals surface area (Å²) in [6.07, 6.45) is 7.34. The molecule has 0 aromatic rings. The Morgan fingerprint density at radius 3 is 2.60 bits per heavy atom. The number of likely N-dealkylation sites (tertiary alicyclic amines) is 2. The summed E-state index contributed by atoms with van der Waals surface area (Å²) in [6.45, 7) is 7.02. The van der Waals surface area contributed by atoms with Crippen molar-refractivity contribution in [1.82, 2.24) is 15.1 Å². The summed E-state index contributed by atoms with van der Waals surface area (Å²) in [5.41, 5.74) is 0. The molecule has 4 nitrogen and oxygen atoms in total. The second-order valence-electron chi connectivity index (χ2n) is 6.58. The summed E-state index contributed by atoms with van der Waals surface area (Å²) in [4.78, 5) is 17.0. The van der Waals surface area contributed by atoms with Crippen LogP contribution in [0.3, 0.4) is 0 Å². The SMILES string of the molecule is CNCCC1CCCCN1CC(=O)N1CCC(C)CC1. The normalized spacial score (nSPS) is 25.9. The van der Waals surface area contributed by atoms with Crippen molar-refractivity contribution >= 4 is 5.91 Å². The van der Waals surface area contributed by atoms with Crippen LogP contribution >= 0.6 is 0 Å². The van der Waals surface area contributed by atoms with E-state index in [0.717, 1.165) is 32.1 Å². The van der Waals surface area contributed by atoms with Gasteiger partial charge < -0.3 is 10.2 Å². The zero-order valence-electron chi connectivity index (χ0n) is 13.2. The van der Waals surface area contributed by atoms with Gasteiger partial charge in [0.15, 0.2) is 0 Å². The van der Waals surface area contributed by atoms with Gasteiger partial charge in [0.25, 0.3) is 0 Å². The van der Waals surface area contributed by atoms with Gasteiger partial charge in [0.2, 0.25) is 5.91 Å². The molecular formula is C16H31N3O. The molecule has 2 fully saturated rings. The largest absolute Gasteiger partial charge is 0.342 e.